The van der Waals surface area contributed by atoms with Gasteiger partial charge in [0.05, 0.1) is 6.26 Å². The summed E-state index contributed by atoms with van der Waals surface area (Å²) in [5.41, 5.74) is 3.95. The average molecular weight is 196 g/mol. The largest absolute Gasteiger partial charge is 0.489 e. The Bertz CT molecular complexity index is 456. The molecule has 0 radical (unpaired) electrons. The molecular formula is C14H12O. The van der Waals surface area contributed by atoms with E-state index < -0.39 is 0 Å². The van der Waals surface area contributed by atoms with E-state index in [1.165, 1.54) is 16.7 Å². The minimum atomic E-state index is 0.0960. The van der Waals surface area contributed by atoms with E-state index in [0.29, 0.717) is 0 Å². The minimum Gasteiger partial charge on any atom is -0.489 e. The molecule has 1 heteroatoms. The molecule has 0 N–H and O–H groups in total. The van der Waals surface area contributed by atoms with Crippen molar-refractivity contribution in [2.24, 2.45) is 0 Å². The van der Waals surface area contributed by atoms with Gasteiger partial charge in [0.15, 0.2) is 0 Å². The van der Waals surface area contributed by atoms with Crippen molar-refractivity contribution < 1.29 is 4.74 Å². The summed E-state index contributed by atoms with van der Waals surface area (Å²) < 4.78 is 5.65. The van der Waals surface area contributed by atoms with Crippen molar-refractivity contribution in [3.8, 4) is 0 Å². The smallest absolute Gasteiger partial charge is 0.142 e. The van der Waals surface area contributed by atoms with Crippen molar-refractivity contribution in [1.29, 1.82) is 0 Å². The standard InChI is InChI=1S/C14H12O/c1-2-6-12-11(5-1)9-10-15-14-8-4-3-7-13(12)14/h1-5,7-10,14H,6H2. The van der Waals surface area contributed by atoms with Gasteiger partial charge in [0.2, 0.25) is 0 Å². The van der Waals surface area contributed by atoms with Crippen LogP contribution in [0.2, 0.25) is 0 Å². The van der Waals surface area contributed by atoms with Crippen molar-refractivity contribution in [2.75, 3.05) is 0 Å². The molecule has 2 aliphatic carbocycles. The molecule has 74 valence electrons. The zero-order valence-corrected chi connectivity index (χ0v) is 8.39. The molecule has 0 spiro atoms. The van der Waals surface area contributed by atoms with Gasteiger partial charge in [-0.05, 0) is 29.7 Å². The van der Waals surface area contributed by atoms with Crippen LogP contribution in [0, 0.1) is 0 Å². The molecule has 0 aromatic carbocycles. The second-order valence-corrected chi connectivity index (χ2v) is 3.79. The third kappa shape index (κ3) is 1.40. The zero-order valence-electron chi connectivity index (χ0n) is 8.39. The normalized spacial score (nSPS) is 26.7. The van der Waals surface area contributed by atoms with Crippen LogP contribution < -0.4 is 0 Å². The SMILES string of the molecule is C1=CCC2=C3C=CC=CC3OC=CC2=C1. The van der Waals surface area contributed by atoms with Gasteiger partial charge in [-0.2, -0.15) is 0 Å². The molecule has 0 bridgehead atoms. The molecule has 1 atom stereocenters. The minimum absolute atomic E-state index is 0.0960. The van der Waals surface area contributed by atoms with Crippen LogP contribution >= 0.6 is 0 Å². The second kappa shape index (κ2) is 3.43. The Kier molecular flexibility index (Phi) is 1.95. The monoisotopic (exact) mass is 196 g/mol. The first-order valence-corrected chi connectivity index (χ1v) is 5.22. The Morgan fingerprint density at radius 2 is 2.13 bits per heavy atom. The molecule has 1 unspecified atom stereocenters. The summed E-state index contributed by atoms with van der Waals surface area (Å²) in [6, 6.07) is 0. The lowest BCUT2D eigenvalue weighted by Gasteiger charge is -2.19. The summed E-state index contributed by atoms with van der Waals surface area (Å²) in [6.45, 7) is 0. The van der Waals surface area contributed by atoms with Crippen LogP contribution in [-0.2, 0) is 4.74 Å². The van der Waals surface area contributed by atoms with E-state index in [4.69, 9.17) is 4.74 Å². The van der Waals surface area contributed by atoms with E-state index in [1.807, 2.05) is 12.2 Å². The third-order valence-electron chi connectivity index (χ3n) is 2.88. The maximum atomic E-state index is 5.65. The second-order valence-electron chi connectivity index (χ2n) is 3.79. The first kappa shape index (κ1) is 8.54. The molecule has 0 aromatic rings. The van der Waals surface area contributed by atoms with E-state index in [2.05, 4.69) is 36.5 Å². The number of fused-ring (bicyclic) bond motifs is 2. The van der Waals surface area contributed by atoms with E-state index in [1.54, 1.807) is 6.26 Å². The molecule has 0 aromatic heterocycles. The van der Waals surface area contributed by atoms with Gasteiger partial charge in [-0.25, -0.2) is 0 Å². The van der Waals surface area contributed by atoms with Crippen LogP contribution in [0.25, 0.3) is 0 Å². The van der Waals surface area contributed by atoms with Crippen molar-refractivity contribution >= 4 is 0 Å². The number of ether oxygens (including phenoxy) is 1. The average Bonchev–Trinajstić information content (AvgIpc) is 2.48. The molecular weight excluding hydrogens is 184 g/mol. The van der Waals surface area contributed by atoms with Crippen molar-refractivity contribution in [1.82, 2.24) is 0 Å². The fraction of sp³-hybridized carbons (Fsp3) is 0.143. The van der Waals surface area contributed by atoms with Crippen LogP contribution in [-0.4, -0.2) is 6.10 Å². The molecule has 0 saturated heterocycles. The van der Waals surface area contributed by atoms with Crippen molar-refractivity contribution in [3.05, 3.63) is 71.6 Å². The van der Waals surface area contributed by atoms with Crippen LogP contribution in [0.1, 0.15) is 6.42 Å². The maximum absolute atomic E-state index is 5.65. The Morgan fingerprint density at radius 1 is 1.13 bits per heavy atom. The molecule has 1 aliphatic heterocycles. The third-order valence-corrected chi connectivity index (χ3v) is 2.88. The van der Waals surface area contributed by atoms with E-state index in [0.717, 1.165) is 6.42 Å². The summed E-state index contributed by atoms with van der Waals surface area (Å²) in [6.07, 6.45) is 19.7. The predicted octanol–water partition coefficient (Wildman–Crippen LogP) is 3.21. The summed E-state index contributed by atoms with van der Waals surface area (Å²) >= 11 is 0. The first-order chi connectivity index (χ1) is 7.45. The zero-order chi connectivity index (χ0) is 10.1. The van der Waals surface area contributed by atoms with Gasteiger partial charge in [-0.3, -0.25) is 0 Å². The highest BCUT2D eigenvalue weighted by Gasteiger charge is 2.20. The number of allylic oxidation sites excluding steroid dienone is 8. The first-order valence-electron chi connectivity index (χ1n) is 5.22. The number of hydrogen-bond acceptors (Lipinski definition) is 1. The van der Waals surface area contributed by atoms with Gasteiger partial charge in [-0.15, -0.1) is 0 Å². The molecule has 0 saturated carbocycles. The molecule has 3 rings (SSSR count). The van der Waals surface area contributed by atoms with E-state index in [9.17, 15) is 0 Å². The Hall–Kier alpha value is -1.76. The fourth-order valence-corrected chi connectivity index (χ4v) is 2.13. The molecule has 0 amide bonds. The summed E-state index contributed by atoms with van der Waals surface area (Å²) in [5, 5.41) is 0. The van der Waals surface area contributed by atoms with E-state index in [-0.39, 0.29) is 6.10 Å². The molecule has 1 nitrogen and oxygen atoms in total. The van der Waals surface area contributed by atoms with E-state index >= 15 is 0 Å². The highest BCUT2D eigenvalue weighted by atomic mass is 16.5. The summed E-state index contributed by atoms with van der Waals surface area (Å²) in [5.74, 6) is 0. The highest BCUT2D eigenvalue weighted by Crippen LogP contribution is 2.31. The van der Waals surface area contributed by atoms with Crippen LogP contribution in [0.5, 0.6) is 0 Å². The summed E-state index contributed by atoms with van der Waals surface area (Å²) in [7, 11) is 0. The predicted molar refractivity (Wildman–Crippen MR) is 61.2 cm³/mol. The van der Waals surface area contributed by atoms with Gasteiger partial charge < -0.3 is 4.74 Å². The van der Waals surface area contributed by atoms with Gasteiger partial charge in [-0.1, -0.05) is 36.5 Å². The number of rotatable bonds is 0. The highest BCUT2D eigenvalue weighted by molar-refractivity contribution is 5.54. The Balaban J connectivity index is 2.15. The van der Waals surface area contributed by atoms with Crippen LogP contribution in [0.15, 0.2) is 71.6 Å². The lowest BCUT2D eigenvalue weighted by Crippen LogP contribution is -2.12. The quantitative estimate of drug-likeness (QED) is 0.578. The lowest BCUT2D eigenvalue weighted by atomic mass is 9.89. The van der Waals surface area contributed by atoms with Crippen LogP contribution in [0.4, 0.5) is 0 Å². The van der Waals surface area contributed by atoms with Gasteiger partial charge in [0, 0.05) is 5.57 Å². The van der Waals surface area contributed by atoms with Crippen molar-refractivity contribution in [2.45, 2.75) is 12.5 Å². The number of hydrogen-bond donors (Lipinski definition) is 0. The van der Waals surface area contributed by atoms with Gasteiger partial charge in [0.25, 0.3) is 0 Å². The molecule has 15 heavy (non-hydrogen) atoms. The molecule has 0 fully saturated rings. The summed E-state index contributed by atoms with van der Waals surface area (Å²) in [4.78, 5) is 0. The topological polar surface area (TPSA) is 9.23 Å². The maximum Gasteiger partial charge on any atom is 0.142 e. The Morgan fingerprint density at radius 3 is 3.13 bits per heavy atom. The lowest BCUT2D eigenvalue weighted by molar-refractivity contribution is 0.221. The fourth-order valence-electron chi connectivity index (χ4n) is 2.13. The Labute approximate surface area is 89.4 Å². The molecule has 1 heterocycles. The van der Waals surface area contributed by atoms with Gasteiger partial charge >= 0.3 is 0 Å². The van der Waals surface area contributed by atoms with Gasteiger partial charge in [0.1, 0.15) is 6.10 Å². The molecule has 3 aliphatic rings. The van der Waals surface area contributed by atoms with Crippen molar-refractivity contribution in [3.63, 3.8) is 0 Å². The van der Waals surface area contributed by atoms with Crippen LogP contribution in [0.3, 0.4) is 0 Å².